The maximum atomic E-state index is 14.2. The number of anilines is 1. The molecule has 1 N–H and O–H groups in total. The van der Waals surface area contributed by atoms with E-state index in [9.17, 15) is 9.59 Å². The molecule has 5 rings (SSSR count). The molecule has 0 aliphatic heterocycles. The Morgan fingerprint density at radius 2 is 1.56 bits per heavy atom. The van der Waals surface area contributed by atoms with Crippen LogP contribution in [0.2, 0.25) is 0 Å². The Balaban J connectivity index is 1.55. The fraction of sp³-hybridized carbons (Fsp3) is 0.188. The summed E-state index contributed by atoms with van der Waals surface area (Å²) in [7, 11) is 1.58. The van der Waals surface area contributed by atoms with E-state index in [1.54, 1.807) is 60.3 Å². The molecule has 0 fully saturated rings. The molecular formula is C32H31N5O4. The van der Waals surface area contributed by atoms with Gasteiger partial charge in [0.1, 0.15) is 29.6 Å². The van der Waals surface area contributed by atoms with Crippen molar-refractivity contribution in [2.45, 2.75) is 26.1 Å². The second-order valence-corrected chi connectivity index (χ2v) is 9.31. The van der Waals surface area contributed by atoms with Gasteiger partial charge in [0.05, 0.1) is 19.2 Å². The van der Waals surface area contributed by atoms with Crippen molar-refractivity contribution in [2.24, 2.45) is 0 Å². The molecule has 0 bridgehead atoms. The molecule has 0 radical (unpaired) electrons. The summed E-state index contributed by atoms with van der Waals surface area (Å²) < 4.78 is 12.5. The second-order valence-electron chi connectivity index (χ2n) is 9.31. The zero-order valence-electron chi connectivity index (χ0n) is 22.9. The van der Waals surface area contributed by atoms with Crippen LogP contribution in [-0.4, -0.2) is 40.5 Å². The monoisotopic (exact) mass is 549 g/mol. The minimum atomic E-state index is -0.982. The van der Waals surface area contributed by atoms with E-state index in [0.717, 1.165) is 11.1 Å². The summed E-state index contributed by atoms with van der Waals surface area (Å²) in [5.41, 5.74) is 3.52. The Bertz CT molecular complexity index is 1600. The van der Waals surface area contributed by atoms with Gasteiger partial charge in [0.25, 0.3) is 0 Å². The molecule has 1 unspecified atom stereocenters. The Kier molecular flexibility index (Phi) is 8.54. The average molecular weight is 550 g/mol. The van der Waals surface area contributed by atoms with Gasteiger partial charge in [-0.05, 0) is 66.6 Å². The van der Waals surface area contributed by atoms with Crippen molar-refractivity contribution < 1.29 is 19.1 Å². The molecule has 41 heavy (non-hydrogen) atoms. The van der Waals surface area contributed by atoms with Crippen molar-refractivity contribution in [1.29, 1.82) is 0 Å². The molecule has 208 valence electrons. The molecule has 9 nitrogen and oxygen atoms in total. The number of para-hydroxylation sites is 1. The van der Waals surface area contributed by atoms with Gasteiger partial charge in [0.15, 0.2) is 0 Å². The molecule has 0 saturated heterocycles. The molecule has 0 aliphatic carbocycles. The highest BCUT2D eigenvalue weighted by Crippen LogP contribution is 2.31. The first-order chi connectivity index (χ1) is 20.1. The van der Waals surface area contributed by atoms with Gasteiger partial charge in [-0.3, -0.25) is 14.5 Å². The van der Waals surface area contributed by atoms with Crippen LogP contribution >= 0.6 is 0 Å². The van der Waals surface area contributed by atoms with Crippen LogP contribution in [0.15, 0.2) is 103 Å². The number of carbonyl (C=O) groups excluding carboxylic acids is 2. The molecule has 9 heteroatoms. The van der Waals surface area contributed by atoms with Gasteiger partial charge >= 0.3 is 0 Å². The minimum absolute atomic E-state index is 0.119. The predicted molar refractivity (Wildman–Crippen MR) is 157 cm³/mol. The fourth-order valence-corrected chi connectivity index (χ4v) is 4.63. The van der Waals surface area contributed by atoms with Crippen LogP contribution in [0.25, 0.3) is 11.0 Å². The number of carbonyl (C=O) groups is 2. The Morgan fingerprint density at radius 3 is 2.27 bits per heavy atom. The van der Waals surface area contributed by atoms with Crippen LogP contribution in [0.4, 0.5) is 5.69 Å². The third-order valence-corrected chi connectivity index (χ3v) is 6.65. The number of nitrogens with one attached hydrogen (secondary N) is 1. The molecule has 0 spiro atoms. The van der Waals surface area contributed by atoms with Crippen LogP contribution in [0, 0.1) is 0 Å². The first-order valence-electron chi connectivity index (χ1n) is 13.4. The van der Waals surface area contributed by atoms with E-state index < -0.39 is 6.04 Å². The lowest BCUT2D eigenvalue weighted by molar-refractivity contribution is -0.127. The molecule has 4 aromatic carbocycles. The Hall–Kier alpha value is -5.18. The summed E-state index contributed by atoms with van der Waals surface area (Å²) in [6.07, 6.45) is 0. The quantitative estimate of drug-likeness (QED) is 0.251. The summed E-state index contributed by atoms with van der Waals surface area (Å²) >= 11 is 0. The largest absolute Gasteiger partial charge is 0.497 e. The summed E-state index contributed by atoms with van der Waals surface area (Å²) in [5.74, 6) is 0.649. The van der Waals surface area contributed by atoms with Crippen molar-refractivity contribution in [2.75, 3.05) is 18.6 Å². The lowest BCUT2D eigenvalue weighted by atomic mass is 10.0. The van der Waals surface area contributed by atoms with Gasteiger partial charge in [-0.2, -0.15) is 0 Å². The van der Waals surface area contributed by atoms with Crippen molar-refractivity contribution >= 4 is 28.5 Å². The normalized spacial score (nSPS) is 11.6. The third-order valence-electron chi connectivity index (χ3n) is 6.65. The number of hydrogen-bond donors (Lipinski definition) is 1. The zero-order chi connectivity index (χ0) is 28.6. The molecule has 2 amide bonds. The lowest BCUT2D eigenvalue weighted by Crippen LogP contribution is -2.45. The van der Waals surface area contributed by atoms with Crippen molar-refractivity contribution in [3.05, 3.63) is 114 Å². The molecule has 0 saturated carbocycles. The summed E-state index contributed by atoms with van der Waals surface area (Å²) in [6.45, 7) is 2.61. The summed E-state index contributed by atoms with van der Waals surface area (Å²) in [4.78, 5) is 29.7. The topological polar surface area (TPSA) is 98.6 Å². The number of methoxy groups -OCH3 is 1. The Labute approximate surface area is 238 Å². The van der Waals surface area contributed by atoms with Gasteiger partial charge < -0.3 is 14.8 Å². The minimum Gasteiger partial charge on any atom is -0.497 e. The molecular weight excluding hydrogens is 518 g/mol. The highest BCUT2D eigenvalue weighted by atomic mass is 16.5. The molecule has 0 aliphatic rings. The molecule has 1 atom stereocenters. The SMILES string of the molecule is CCOc1ccc(N(C(=O)Cn2nnc3ccccc32)C(C(=O)NCc2ccccc2)c2ccc(OC)cc2)cc1. The van der Waals surface area contributed by atoms with E-state index in [2.05, 4.69) is 15.6 Å². The van der Waals surface area contributed by atoms with Crippen molar-refractivity contribution in [3.63, 3.8) is 0 Å². The van der Waals surface area contributed by atoms with Crippen LogP contribution < -0.4 is 19.7 Å². The first kappa shape index (κ1) is 27.4. The van der Waals surface area contributed by atoms with Gasteiger partial charge in [-0.25, -0.2) is 4.68 Å². The average Bonchev–Trinajstić information content (AvgIpc) is 3.42. The van der Waals surface area contributed by atoms with Crippen molar-refractivity contribution in [1.82, 2.24) is 20.3 Å². The van der Waals surface area contributed by atoms with Gasteiger partial charge in [-0.15, -0.1) is 5.10 Å². The lowest BCUT2D eigenvalue weighted by Gasteiger charge is -2.32. The van der Waals surface area contributed by atoms with Crippen LogP contribution in [0.5, 0.6) is 11.5 Å². The predicted octanol–water partition coefficient (Wildman–Crippen LogP) is 4.93. The maximum Gasteiger partial charge on any atom is 0.249 e. The number of fused-ring (bicyclic) bond motifs is 1. The number of rotatable bonds is 11. The third kappa shape index (κ3) is 6.36. The van der Waals surface area contributed by atoms with Crippen molar-refractivity contribution in [3.8, 4) is 11.5 Å². The standard InChI is InChI=1S/C32H31N5O4/c1-3-41-27-19-15-25(16-20-27)37(30(38)22-36-29-12-8-7-11-28(29)34-35-36)31(24-13-17-26(40-2)18-14-24)32(39)33-21-23-9-5-4-6-10-23/h4-20,31H,3,21-22H2,1-2H3,(H,33,39). The van der Waals surface area contributed by atoms with Gasteiger partial charge in [0.2, 0.25) is 11.8 Å². The number of aromatic nitrogens is 3. The van der Waals surface area contributed by atoms with E-state index in [1.807, 2.05) is 61.5 Å². The van der Waals surface area contributed by atoms with E-state index >= 15 is 0 Å². The highest BCUT2D eigenvalue weighted by Gasteiger charge is 2.33. The number of amides is 2. The Morgan fingerprint density at radius 1 is 0.878 bits per heavy atom. The number of ether oxygens (including phenoxy) is 2. The summed E-state index contributed by atoms with van der Waals surface area (Å²) in [6, 6.07) is 30.4. The molecule has 1 aromatic heterocycles. The number of hydrogen-bond acceptors (Lipinski definition) is 6. The van der Waals surface area contributed by atoms with Crippen LogP contribution in [0.1, 0.15) is 24.1 Å². The van der Waals surface area contributed by atoms with E-state index in [-0.39, 0.29) is 18.4 Å². The van der Waals surface area contributed by atoms with E-state index in [0.29, 0.717) is 41.4 Å². The molecule has 5 aromatic rings. The second kappa shape index (κ2) is 12.8. The number of benzene rings is 4. The van der Waals surface area contributed by atoms with Crippen LogP contribution in [0.3, 0.4) is 0 Å². The smallest absolute Gasteiger partial charge is 0.249 e. The number of nitrogens with zero attached hydrogens (tertiary/aromatic N) is 4. The van der Waals surface area contributed by atoms with Crippen LogP contribution in [-0.2, 0) is 22.7 Å². The highest BCUT2D eigenvalue weighted by molar-refractivity contribution is 6.01. The molecule has 1 heterocycles. The maximum absolute atomic E-state index is 14.2. The van der Waals surface area contributed by atoms with Gasteiger partial charge in [-0.1, -0.05) is 59.8 Å². The van der Waals surface area contributed by atoms with E-state index in [4.69, 9.17) is 9.47 Å². The van der Waals surface area contributed by atoms with E-state index in [1.165, 1.54) is 4.90 Å². The van der Waals surface area contributed by atoms with Gasteiger partial charge in [0, 0.05) is 12.2 Å². The summed E-state index contributed by atoms with van der Waals surface area (Å²) in [5, 5.41) is 11.4. The zero-order valence-corrected chi connectivity index (χ0v) is 22.9. The fourth-order valence-electron chi connectivity index (χ4n) is 4.63. The first-order valence-corrected chi connectivity index (χ1v) is 13.4.